The minimum Gasteiger partial charge on any atom is -0.494 e. The first-order chi connectivity index (χ1) is 17.8. The number of anilines is 1. The molecular weight excluding hydrogens is 524 g/mol. The lowest BCUT2D eigenvalue weighted by atomic mass is 10.0. The molecule has 0 saturated carbocycles. The fourth-order valence-corrected chi connectivity index (χ4v) is 5.43. The molecule has 0 amide bonds. The third-order valence-corrected chi connectivity index (χ3v) is 8.03. The fourth-order valence-electron chi connectivity index (χ4n) is 4.20. The van der Waals surface area contributed by atoms with Gasteiger partial charge in [0.15, 0.2) is 5.82 Å². The Kier molecular flexibility index (Phi) is 8.47. The van der Waals surface area contributed by atoms with Gasteiger partial charge in [0.2, 0.25) is 16.0 Å². The molecule has 1 N–H and O–H groups in total. The van der Waals surface area contributed by atoms with Crippen LogP contribution >= 0.6 is 11.6 Å². The van der Waals surface area contributed by atoms with Crippen LogP contribution in [0.15, 0.2) is 30.6 Å². The van der Waals surface area contributed by atoms with Crippen molar-refractivity contribution in [2.24, 2.45) is 0 Å². The Morgan fingerprint density at radius 1 is 1.14 bits per heavy atom. The van der Waals surface area contributed by atoms with Gasteiger partial charge in [-0.3, -0.25) is 9.29 Å². The van der Waals surface area contributed by atoms with E-state index in [1.807, 2.05) is 0 Å². The average molecular weight is 553 g/mol. The smallest absolute Gasteiger partial charge is 0.243 e. The minimum absolute atomic E-state index is 0.0258. The Morgan fingerprint density at radius 2 is 1.81 bits per heavy atom. The van der Waals surface area contributed by atoms with Crippen molar-refractivity contribution in [3.63, 3.8) is 0 Å². The number of nitrogens with zero attached hydrogens (tertiary/aromatic N) is 5. The van der Waals surface area contributed by atoms with Crippen LogP contribution in [-0.4, -0.2) is 72.9 Å². The molecule has 3 heterocycles. The molecule has 14 heteroatoms. The zero-order valence-corrected chi connectivity index (χ0v) is 22.5. The van der Waals surface area contributed by atoms with Gasteiger partial charge in [0.25, 0.3) is 0 Å². The van der Waals surface area contributed by atoms with Gasteiger partial charge in [-0.05, 0) is 31.9 Å². The number of halogens is 1. The van der Waals surface area contributed by atoms with Gasteiger partial charge < -0.3 is 18.9 Å². The molecule has 1 aromatic carbocycles. The van der Waals surface area contributed by atoms with Crippen LogP contribution in [0.25, 0.3) is 5.69 Å². The van der Waals surface area contributed by atoms with Gasteiger partial charge in [-0.1, -0.05) is 17.7 Å². The molecule has 1 aliphatic heterocycles. The first kappa shape index (κ1) is 27.0. The second kappa shape index (κ2) is 11.6. The highest BCUT2D eigenvalue weighted by Gasteiger charge is 2.36. The number of sulfonamides is 1. The summed E-state index contributed by atoms with van der Waals surface area (Å²) in [6.07, 6.45) is 3.43. The second-order valence-corrected chi connectivity index (χ2v) is 10.9. The predicted octanol–water partition coefficient (Wildman–Crippen LogP) is 3.14. The Bertz CT molecular complexity index is 1290. The number of methoxy groups -OCH3 is 3. The highest BCUT2D eigenvalue weighted by molar-refractivity contribution is 7.93. The number of aromatic nitrogens is 5. The maximum atomic E-state index is 13.6. The number of para-hydroxylation sites is 1. The fraction of sp³-hybridized carbons (Fsp3) is 0.478. The van der Waals surface area contributed by atoms with Gasteiger partial charge in [-0.2, -0.15) is 0 Å². The number of nitrogens with one attached hydrogen (secondary N) is 1. The normalized spacial score (nSPS) is 17.7. The van der Waals surface area contributed by atoms with Crippen LogP contribution in [-0.2, 0) is 19.5 Å². The molecule has 0 aliphatic carbocycles. The van der Waals surface area contributed by atoms with E-state index >= 15 is 0 Å². The maximum Gasteiger partial charge on any atom is 0.243 e. The Balaban J connectivity index is 1.78. The summed E-state index contributed by atoms with van der Waals surface area (Å²) < 4.78 is 53.7. The lowest BCUT2D eigenvalue weighted by Crippen LogP contribution is -2.33. The summed E-state index contributed by atoms with van der Waals surface area (Å²) in [7, 11) is 0.335. The van der Waals surface area contributed by atoms with Crippen molar-refractivity contribution in [2.45, 2.75) is 37.0 Å². The molecule has 2 unspecified atom stereocenters. The zero-order valence-electron chi connectivity index (χ0n) is 20.9. The quantitative estimate of drug-likeness (QED) is 0.399. The van der Waals surface area contributed by atoms with Crippen molar-refractivity contribution < 1.29 is 27.4 Å². The van der Waals surface area contributed by atoms with Crippen molar-refractivity contribution in [3.05, 3.63) is 47.3 Å². The summed E-state index contributed by atoms with van der Waals surface area (Å²) >= 11 is 5.88. The molecule has 0 radical (unpaired) electrons. The van der Waals surface area contributed by atoms with Crippen LogP contribution < -0.4 is 14.2 Å². The van der Waals surface area contributed by atoms with E-state index in [2.05, 4.69) is 24.9 Å². The van der Waals surface area contributed by atoms with Gasteiger partial charge in [-0.25, -0.2) is 18.4 Å². The highest BCUT2D eigenvalue weighted by Crippen LogP contribution is 2.38. The van der Waals surface area contributed by atoms with E-state index in [0.29, 0.717) is 41.2 Å². The molecule has 0 bridgehead atoms. The van der Waals surface area contributed by atoms with Crippen LogP contribution in [0.2, 0.25) is 5.02 Å². The third-order valence-electron chi connectivity index (χ3n) is 6.14. The van der Waals surface area contributed by atoms with E-state index in [1.165, 1.54) is 40.6 Å². The van der Waals surface area contributed by atoms with Gasteiger partial charge in [0, 0.05) is 32.0 Å². The minimum atomic E-state index is -4.09. The SMILES string of the molecule is COc1cccc(OC)c1-n1c(NS(=O)(=O)C(C)C(OC)c2ncc(Cl)cn2)nnc1[C@H]1CCCOC1. The van der Waals surface area contributed by atoms with Crippen molar-refractivity contribution in [1.29, 1.82) is 0 Å². The molecule has 1 aliphatic rings. The lowest BCUT2D eigenvalue weighted by Gasteiger charge is -2.25. The van der Waals surface area contributed by atoms with Crippen LogP contribution in [0.1, 0.15) is 43.4 Å². The summed E-state index contributed by atoms with van der Waals surface area (Å²) in [6.45, 7) is 2.58. The molecular formula is C23H29ClN6O6S. The Morgan fingerprint density at radius 3 is 2.38 bits per heavy atom. The third kappa shape index (κ3) is 5.64. The first-order valence-electron chi connectivity index (χ1n) is 11.6. The summed E-state index contributed by atoms with van der Waals surface area (Å²) in [5.74, 6) is 1.47. The molecule has 0 spiro atoms. The number of rotatable bonds is 10. The highest BCUT2D eigenvalue weighted by atomic mass is 35.5. The predicted molar refractivity (Wildman–Crippen MR) is 136 cm³/mol. The topological polar surface area (TPSA) is 140 Å². The number of benzene rings is 1. The molecule has 3 aromatic rings. The van der Waals surface area contributed by atoms with Gasteiger partial charge >= 0.3 is 0 Å². The number of ether oxygens (including phenoxy) is 4. The van der Waals surface area contributed by atoms with E-state index in [0.717, 1.165) is 12.8 Å². The average Bonchev–Trinajstić information content (AvgIpc) is 3.32. The van der Waals surface area contributed by atoms with Crippen LogP contribution in [0.4, 0.5) is 5.95 Å². The molecule has 1 fully saturated rings. The van der Waals surface area contributed by atoms with Crippen LogP contribution in [0, 0.1) is 0 Å². The van der Waals surface area contributed by atoms with Gasteiger partial charge in [0.1, 0.15) is 34.4 Å². The largest absolute Gasteiger partial charge is 0.494 e. The molecule has 4 rings (SSSR count). The van der Waals surface area contributed by atoms with E-state index in [9.17, 15) is 8.42 Å². The van der Waals surface area contributed by atoms with Crippen molar-refractivity contribution >= 4 is 27.6 Å². The monoisotopic (exact) mass is 552 g/mol. The number of hydrogen-bond donors (Lipinski definition) is 1. The first-order valence-corrected chi connectivity index (χ1v) is 13.5. The van der Waals surface area contributed by atoms with Crippen molar-refractivity contribution in [1.82, 2.24) is 24.7 Å². The van der Waals surface area contributed by atoms with E-state index in [-0.39, 0.29) is 17.7 Å². The van der Waals surface area contributed by atoms with E-state index < -0.39 is 21.4 Å². The van der Waals surface area contributed by atoms with E-state index in [4.69, 9.17) is 30.5 Å². The standard InChI is InChI=1S/C23H29ClN6O6S/c1-14(20(35-4)21-25-11-16(24)12-26-21)37(31,32)29-23-28-27-22(15-7-6-10-36-13-15)30(23)19-17(33-2)8-5-9-18(19)34-3/h5,8-9,11-12,14-15,20H,6-7,10,13H2,1-4H3,(H,28,29)/t14?,15-,20?/m0/s1. The molecule has 2 aromatic heterocycles. The summed E-state index contributed by atoms with van der Waals surface area (Å²) in [4.78, 5) is 8.25. The van der Waals surface area contributed by atoms with Crippen molar-refractivity contribution in [2.75, 3.05) is 39.3 Å². The lowest BCUT2D eigenvalue weighted by molar-refractivity contribution is 0.0775. The Labute approximate surface area is 220 Å². The molecule has 12 nitrogen and oxygen atoms in total. The molecule has 200 valence electrons. The van der Waals surface area contributed by atoms with Crippen molar-refractivity contribution in [3.8, 4) is 17.2 Å². The maximum absolute atomic E-state index is 13.6. The summed E-state index contributed by atoms with van der Waals surface area (Å²) in [6, 6.07) is 5.27. The second-order valence-electron chi connectivity index (χ2n) is 8.41. The van der Waals surface area contributed by atoms with Crippen LogP contribution in [0.5, 0.6) is 11.5 Å². The molecule has 37 heavy (non-hydrogen) atoms. The van der Waals surface area contributed by atoms with E-state index in [1.54, 1.807) is 22.8 Å². The Hall–Kier alpha value is -3.00. The molecule has 1 saturated heterocycles. The summed E-state index contributed by atoms with van der Waals surface area (Å²) in [5, 5.41) is 7.81. The number of hydrogen-bond acceptors (Lipinski definition) is 10. The zero-order chi connectivity index (χ0) is 26.6. The summed E-state index contributed by atoms with van der Waals surface area (Å²) in [5.41, 5.74) is 0.466. The van der Waals surface area contributed by atoms with Gasteiger partial charge in [0.05, 0.1) is 25.8 Å². The van der Waals surface area contributed by atoms with Gasteiger partial charge in [-0.15, -0.1) is 10.2 Å². The molecule has 3 atom stereocenters. The van der Waals surface area contributed by atoms with Crippen LogP contribution in [0.3, 0.4) is 0 Å².